The molecule has 0 saturated carbocycles. The van der Waals surface area contributed by atoms with Gasteiger partial charge in [0.15, 0.2) is 0 Å². The smallest absolute Gasteiger partial charge is 0.407 e. The SMILES string of the molecule is COC(=O)N[C@H](C(=O)N1CCC[C@H]1C(=O)Nc1ccc([C@@H]2CC[C@@H](c3ccc(NC(=O)[C@@H]4CCCN4C(=O)[C@@H](N)C(C)C)cc3)N2c2ccc(F)cc2)cc1)C(C)C. The zero-order valence-corrected chi connectivity index (χ0v) is 34.0. The van der Waals surface area contributed by atoms with Crippen molar-refractivity contribution < 1.29 is 33.1 Å². The summed E-state index contributed by atoms with van der Waals surface area (Å²) < 4.78 is 18.8. The van der Waals surface area contributed by atoms with Gasteiger partial charge in [-0.2, -0.15) is 0 Å². The van der Waals surface area contributed by atoms with Gasteiger partial charge in [0.1, 0.15) is 23.9 Å². The van der Waals surface area contributed by atoms with Gasteiger partial charge >= 0.3 is 6.09 Å². The molecule has 6 atom stereocenters. The minimum atomic E-state index is -0.820. The Morgan fingerprint density at radius 2 is 1.14 bits per heavy atom. The maximum Gasteiger partial charge on any atom is 0.407 e. The monoisotopic (exact) mass is 797 g/mol. The summed E-state index contributed by atoms with van der Waals surface area (Å²) in [6.45, 7) is 8.37. The average Bonchev–Trinajstić information content (AvgIpc) is 4.01. The van der Waals surface area contributed by atoms with Crippen LogP contribution in [0.25, 0.3) is 0 Å². The van der Waals surface area contributed by atoms with E-state index in [9.17, 15) is 28.4 Å². The number of amides is 5. The van der Waals surface area contributed by atoms with Crippen LogP contribution < -0.4 is 26.6 Å². The van der Waals surface area contributed by atoms with Crippen LogP contribution in [-0.4, -0.2) is 83.9 Å². The lowest BCUT2D eigenvalue weighted by Gasteiger charge is -2.33. The van der Waals surface area contributed by atoms with E-state index in [0.29, 0.717) is 43.7 Å². The summed E-state index contributed by atoms with van der Waals surface area (Å²) in [5, 5.41) is 8.60. The van der Waals surface area contributed by atoms with Crippen molar-refractivity contribution in [2.24, 2.45) is 17.6 Å². The average molecular weight is 798 g/mol. The van der Waals surface area contributed by atoms with E-state index < -0.39 is 30.3 Å². The van der Waals surface area contributed by atoms with Gasteiger partial charge in [0.2, 0.25) is 23.6 Å². The number of ether oxygens (including phenoxy) is 1. The Morgan fingerprint density at radius 3 is 1.57 bits per heavy atom. The normalized spacial score (nSPS) is 21.6. The van der Waals surface area contributed by atoms with Gasteiger partial charge < -0.3 is 41.1 Å². The molecular weight excluding hydrogens is 742 g/mol. The van der Waals surface area contributed by atoms with Crippen molar-refractivity contribution in [1.82, 2.24) is 15.1 Å². The van der Waals surface area contributed by atoms with Crippen molar-refractivity contribution in [3.8, 4) is 0 Å². The van der Waals surface area contributed by atoms with Gasteiger partial charge in [-0.15, -0.1) is 0 Å². The van der Waals surface area contributed by atoms with Crippen LogP contribution in [-0.2, 0) is 23.9 Å². The van der Waals surface area contributed by atoms with E-state index in [1.165, 1.54) is 19.2 Å². The summed E-state index contributed by atoms with van der Waals surface area (Å²) in [6, 6.07) is 19.1. The number of nitrogens with two attached hydrogens (primary N) is 1. The quantitative estimate of drug-likeness (QED) is 0.170. The van der Waals surface area contributed by atoms with Crippen molar-refractivity contribution in [1.29, 1.82) is 0 Å². The molecule has 3 heterocycles. The van der Waals surface area contributed by atoms with Crippen molar-refractivity contribution in [3.05, 3.63) is 89.7 Å². The third-order valence-corrected chi connectivity index (χ3v) is 11.7. The fourth-order valence-electron chi connectivity index (χ4n) is 8.43. The molecule has 5 amide bonds. The number of carbonyl (C=O) groups excluding carboxylic acids is 5. The van der Waals surface area contributed by atoms with E-state index in [-0.39, 0.29) is 53.4 Å². The van der Waals surface area contributed by atoms with Gasteiger partial charge in [0, 0.05) is 30.2 Å². The molecule has 0 bridgehead atoms. The number of alkyl carbamates (subject to hydrolysis) is 1. The molecule has 6 rings (SSSR count). The Kier molecular flexibility index (Phi) is 13.4. The maximum absolute atomic E-state index is 14.1. The van der Waals surface area contributed by atoms with Crippen LogP contribution in [0.3, 0.4) is 0 Å². The summed E-state index contributed by atoms with van der Waals surface area (Å²) in [4.78, 5) is 70.8. The molecule has 0 aromatic heterocycles. The highest BCUT2D eigenvalue weighted by atomic mass is 19.1. The fourth-order valence-corrected chi connectivity index (χ4v) is 8.43. The second kappa shape index (κ2) is 18.4. The first-order valence-corrected chi connectivity index (χ1v) is 20.3. The number of rotatable bonds is 12. The van der Waals surface area contributed by atoms with E-state index in [0.717, 1.165) is 36.1 Å². The predicted octanol–water partition coefficient (Wildman–Crippen LogP) is 6.13. The lowest BCUT2D eigenvalue weighted by Crippen LogP contribution is -2.54. The molecule has 0 aliphatic carbocycles. The summed E-state index contributed by atoms with van der Waals surface area (Å²) >= 11 is 0. The topological polar surface area (TPSA) is 166 Å². The zero-order chi connectivity index (χ0) is 41.7. The largest absolute Gasteiger partial charge is 0.453 e. The first-order chi connectivity index (χ1) is 27.8. The van der Waals surface area contributed by atoms with Crippen LogP contribution in [0.4, 0.5) is 26.2 Å². The highest BCUT2D eigenvalue weighted by Crippen LogP contribution is 2.47. The van der Waals surface area contributed by atoms with Crippen LogP contribution >= 0.6 is 0 Å². The van der Waals surface area contributed by atoms with E-state index >= 15 is 0 Å². The standard InChI is InChI=1S/C44H56FN7O6/c1-26(2)38(46)42(55)50-24-6-8-36(50)40(53)47-31-16-10-28(11-17-31)34-22-23-35(52(34)33-20-14-30(45)15-21-33)29-12-18-32(19-13-29)48-41(54)37-9-7-25-51(37)43(56)39(27(3)4)49-44(57)58-5/h10-21,26-27,34-39H,6-9,22-25,46H2,1-5H3,(H,47,53)(H,48,54)(H,49,57)/t34-,35-,36-,37-,38-,39-/m0/s1. The Labute approximate surface area is 339 Å². The fraction of sp³-hybridized carbons (Fsp3) is 0.477. The summed E-state index contributed by atoms with van der Waals surface area (Å²) in [5.74, 6) is -1.61. The Morgan fingerprint density at radius 1 is 0.672 bits per heavy atom. The molecule has 3 aromatic carbocycles. The summed E-state index contributed by atoms with van der Waals surface area (Å²) in [6.07, 6.45) is 3.43. The number of hydrogen-bond acceptors (Lipinski definition) is 8. The zero-order valence-electron chi connectivity index (χ0n) is 34.0. The molecule has 3 aromatic rings. The van der Waals surface area contributed by atoms with Crippen LogP contribution in [0.5, 0.6) is 0 Å². The van der Waals surface area contributed by atoms with E-state index in [1.54, 1.807) is 21.9 Å². The number of carbonyl (C=O) groups is 5. The van der Waals surface area contributed by atoms with E-state index in [1.807, 2.05) is 76.2 Å². The molecule has 0 unspecified atom stereocenters. The third-order valence-electron chi connectivity index (χ3n) is 11.7. The molecule has 0 radical (unpaired) electrons. The van der Waals surface area contributed by atoms with Crippen LogP contribution in [0, 0.1) is 17.7 Å². The lowest BCUT2D eigenvalue weighted by molar-refractivity contribution is -0.139. The summed E-state index contributed by atoms with van der Waals surface area (Å²) in [7, 11) is 1.24. The number of hydrogen-bond donors (Lipinski definition) is 4. The van der Waals surface area contributed by atoms with E-state index in [4.69, 9.17) is 10.5 Å². The third kappa shape index (κ3) is 9.28. The molecule has 310 valence electrons. The highest BCUT2D eigenvalue weighted by Gasteiger charge is 2.40. The number of benzene rings is 3. The molecule has 3 fully saturated rings. The molecule has 3 aliphatic rings. The molecule has 58 heavy (non-hydrogen) atoms. The predicted molar refractivity (Wildman–Crippen MR) is 220 cm³/mol. The molecule has 3 saturated heterocycles. The maximum atomic E-state index is 14.1. The van der Waals surface area contributed by atoms with Gasteiger partial charge in [-0.05, 0) is 110 Å². The lowest BCUT2D eigenvalue weighted by atomic mass is 10.0. The second-order valence-corrected chi connectivity index (χ2v) is 16.2. The number of nitrogens with zero attached hydrogens (tertiary/aromatic N) is 3. The Bertz CT molecular complexity index is 1940. The minimum absolute atomic E-state index is 0.0299. The number of methoxy groups -OCH3 is 1. The number of anilines is 3. The van der Waals surface area contributed by atoms with Gasteiger partial charge in [-0.3, -0.25) is 19.2 Å². The first-order valence-electron chi connectivity index (χ1n) is 20.3. The minimum Gasteiger partial charge on any atom is -0.453 e. The van der Waals surface area contributed by atoms with Crippen LogP contribution in [0.2, 0.25) is 0 Å². The van der Waals surface area contributed by atoms with Gasteiger partial charge in [0.25, 0.3) is 0 Å². The number of nitrogens with one attached hydrogen (secondary N) is 3. The molecule has 14 heteroatoms. The van der Waals surface area contributed by atoms with Gasteiger partial charge in [0.05, 0.1) is 25.2 Å². The number of halogens is 1. The second-order valence-electron chi connectivity index (χ2n) is 16.2. The van der Waals surface area contributed by atoms with Crippen LogP contribution in [0.1, 0.15) is 89.4 Å². The molecule has 5 N–H and O–H groups in total. The van der Waals surface area contributed by atoms with Crippen molar-refractivity contribution in [3.63, 3.8) is 0 Å². The van der Waals surface area contributed by atoms with Gasteiger partial charge in [-0.1, -0.05) is 52.0 Å². The molecular formula is C44H56FN7O6. The van der Waals surface area contributed by atoms with Crippen molar-refractivity contribution in [2.75, 3.05) is 35.7 Å². The Balaban J connectivity index is 1.14. The molecule has 0 spiro atoms. The van der Waals surface area contributed by atoms with Gasteiger partial charge in [-0.25, -0.2) is 9.18 Å². The first kappa shape index (κ1) is 42.1. The van der Waals surface area contributed by atoms with Crippen molar-refractivity contribution >= 4 is 46.8 Å². The van der Waals surface area contributed by atoms with E-state index in [2.05, 4.69) is 20.9 Å². The number of likely N-dealkylation sites (tertiary alicyclic amines) is 2. The van der Waals surface area contributed by atoms with Crippen molar-refractivity contribution in [2.45, 2.75) is 102 Å². The Hall–Kier alpha value is -5.50. The summed E-state index contributed by atoms with van der Waals surface area (Å²) in [5.41, 5.74) is 10.3. The molecule has 3 aliphatic heterocycles. The van der Waals surface area contributed by atoms with Crippen LogP contribution in [0.15, 0.2) is 72.8 Å². The highest BCUT2D eigenvalue weighted by molar-refractivity contribution is 5.99. The molecule has 13 nitrogen and oxygen atoms in total.